The van der Waals surface area contributed by atoms with Crippen LogP contribution in [0.2, 0.25) is 0 Å². The molecule has 2 rings (SSSR count). The molecule has 0 aliphatic carbocycles. The highest BCUT2D eigenvalue weighted by Gasteiger charge is 2.23. The highest BCUT2D eigenvalue weighted by molar-refractivity contribution is 9.10. The first kappa shape index (κ1) is 13.8. The number of rotatable bonds is 3. The van der Waals surface area contributed by atoms with Crippen LogP contribution in [-0.2, 0) is 6.54 Å². The number of aromatic hydroxyl groups is 1. The maximum atomic E-state index is 9.46. The SMILES string of the molecule is CC1CN(C)CCC1NCc1ccc(O)c(Br)c1. The summed E-state index contributed by atoms with van der Waals surface area (Å²) in [4.78, 5) is 2.39. The molecule has 4 heteroatoms. The van der Waals surface area contributed by atoms with Gasteiger partial charge in [-0.2, -0.15) is 0 Å². The second kappa shape index (κ2) is 6.04. The van der Waals surface area contributed by atoms with Crippen LogP contribution >= 0.6 is 15.9 Å². The van der Waals surface area contributed by atoms with Crippen LogP contribution in [0, 0.1) is 5.92 Å². The Kier molecular flexibility index (Phi) is 4.65. The Hall–Kier alpha value is -0.580. The van der Waals surface area contributed by atoms with Gasteiger partial charge in [-0.15, -0.1) is 0 Å². The summed E-state index contributed by atoms with van der Waals surface area (Å²) in [6.45, 7) is 5.50. The number of phenols is 1. The Morgan fingerprint density at radius 3 is 2.94 bits per heavy atom. The molecule has 0 aromatic heterocycles. The van der Waals surface area contributed by atoms with Crippen molar-refractivity contribution in [3.63, 3.8) is 0 Å². The molecule has 2 atom stereocenters. The first-order valence-electron chi connectivity index (χ1n) is 6.45. The third-order valence-electron chi connectivity index (χ3n) is 3.69. The van der Waals surface area contributed by atoms with Crippen molar-refractivity contribution >= 4 is 15.9 Å². The predicted molar refractivity (Wildman–Crippen MR) is 77.7 cm³/mol. The van der Waals surface area contributed by atoms with Gasteiger partial charge in [-0.1, -0.05) is 13.0 Å². The molecule has 0 spiro atoms. The van der Waals surface area contributed by atoms with Crippen LogP contribution in [0.25, 0.3) is 0 Å². The average Bonchev–Trinajstić information content (AvgIpc) is 2.32. The lowest BCUT2D eigenvalue weighted by Crippen LogP contribution is -2.46. The molecule has 1 saturated heterocycles. The molecule has 0 bridgehead atoms. The molecule has 1 fully saturated rings. The van der Waals surface area contributed by atoms with Crippen LogP contribution in [0.4, 0.5) is 0 Å². The predicted octanol–water partition coefficient (Wildman–Crippen LogP) is 2.58. The molecule has 0 radical (unpaired) electrons. The zero-order chi connectivity index (χ0) is 13.1. The quantitative estimate of drug-likeness (QED) is 0.900. The van der Waals surface area contributed by atoms with Crippen molar-refractivity contribution in [3.05, 3.63) is 28.2 Å². The molecule has 1 aromatic carbocycles. The van der Waals surface area contributed by atoms with Crippen LogP contribution in [-0.4, -0.2) is 36.2 Å². The summed E-state index contributed by atoms with van der Waals surface area (Å²) in [5, 5.41) is 13.1. The van der Waals surface area contributed by atoms with E-state index >= 15 is 0 Å². The number of piperidine rings is 1. The van der Waals surface area contributed by atoms with Gasteiger partial charge in [0.1, 0.15) is 5.75 Å². The summed E-state index contributed by atoms with van der Waals surface area (Å²) < 4.78 is 0.762. The van der Waals surface area contributed by atoms with Crippen molar-refractivity contribution in [2.75, 3.05) is 20.1 Å². The van der Waals surface area contributed by atoms with Gasteiger partial charge in [-0.25, -0.2) is 0 Å². The number of phenolic OH excluding ortho intramolecular Hbond substituents is 1. The molecular weight excluding hydrogens is 292 g/mol. The van der Waals surface area contributed by atoms with Crippen molar-refractivity contribution in [3.8, 4) is 5.75 Å². The van der Waals surface area contributed by atoms with Crippen molar-refractivity contribution in [1.82, 2.24) is 10.2 Å². The van der Waals surface area contributed by atoms with Crippen LogP contribution in [0.3, 0.4) is 0 Å². The van der Waals surface area contributed by atoms with Crippen molar-refractivity contribution < 1.29 is 5.11 Å². The number of hydrogen-bond donors (Lipinski definition) is 2. The van der Waals surface area contributed by atoms with Gasteiger partial charge in [-0.3, -0.25) is 0 Å². The first-order valence-corrected chi connectivity index (χ1v) is 7.25. The zero-order valence-electron chi connectivity index (χ0n) is 11.0. The van der Waals surface area contributed by atoms with Crippen LogP contribution in [0.1, 0.15) is 18.9 Å². The second-order valence-electron chi connectivity index (χ2n) is 5.30. The van der Waals surface area contributed by atoms with Gasteiger partial charge in [0.2, 0.25) is 0 Å². The maximum absolute atomic E-state index is 9.46. The topological polar surface area (TPSA) is 35.5 Å². The summed E-state index contributed by atoms with van der Waals surface area (Å²) in [5.74, 6) is 0.982. The molecule has 1 aliphatic rings. The fraction of sp³-hybridized carbons (Fsp3) is 0.571. The number of nitrogens with zero attached hydrogens (tertiary/aromatic N) is 1. The summed E-state index contributed by atoms with van der Waals surface area (Å²) in [6, 6.07) is 6.27. The molecule has 3 nitrogen and oxygen atoms in total. The van der Waals surface area contributed by atoms with Gasteiger partial charge < -0.3 is 15.3 Å². The van der Waals surface area contributed by atoms with Gasteiger partial charge in [0, 0.05) is 19.1 Å². The molecule has 0 amide bonds. The van der Waals surface area contributed by atoms with E-state index < -0.39 is 0 Å². The highest BCUT2D eigenvalue weighted by atomic mass is 79.9. The fourth-order valence-corrected chi connectivity index (χ4v) is 2.99. The van der Waals surface area contributed by atoms with Gasteiger partial charge in [0.15, 0.2) is 0 Å². The summed E-state index contributed by atoms with van der Waals surface area (Å²) >= 11 is 3.35. The number of nitrogens with one attached hydrogen (secondary N) is 1. The standard InChI is InChI=1S/C14H21BrN2O/c1-10-9-17(2)6-5-13(10)16-8-11-3-4-14(18)12(15)7-11/h3-4,7,10,13,16,18H,5-6,8-9H2,1-2H3. The second-order valence-corrected chi connectivity index (χ2v) is 6.16. The van der Waals surface area contributed by atoms with E-state index in [1.165, 1.54) is 18.5 Å². The minimum atomic E-state index is 0.298. The number of likely N-dealkylation sites (tertiary alicyclic amines) is 1. The minimum Gasteiger partial charge on any atom is -0.507 e. The molecule has 2 unspecified atom stereocenters. The van der Waals surface area contributed by atoms with E-state index in [0.29, 0.717) is 17.7 Å². The molecule has 1 aromatic rings. The normalized spacial score (nSPS) is 25.3. The van der Waals surface area contributed by atoms with Gasteiger partial charge in [0.05, 0.1) is 4.47 Å². The van der Waals surface area contributed by atoms with E-state index in [-0.39, 0.29) is 0 Å². The molecule has 1 heterocycles. The summed E-state index contributed by atoms with van der Waals surface area (Å²) in [6.07, 6.45) is 1.21. The third-order valence-corrected chi connectivity index (χ3v) is 4.32. The third kappa shape index (κ3) is 3.46. The van der Waals surface area contributed by atoms with Gasteiger partial charge >= 0.3 is 0 Å². The van der Waals surface area contributed by atoms with E-state index in [1.807, 2.05) is 12.1 Å². The van der Waals surface area contributed by atoms with E-state index in [0.717, 1.165) is 17.6 Å². The van der Waals surface area contributed by atoms with Gasteiger partial charge in [0.25, 0.3) is 0 Å². The van der Waals surface area contributed by atoms with Crippen molar-refractivity contribution in [1.29, 1.82) is 0 Å². The molecular formula is C14H21BrN2O. The van der Waals surface area contributed by atoms with Crippen LogP contribution in [0.15, 0.2) is 22.7 Å². The molecule has 2 N–H and O–H groups in total. The Labute approximate surface area is 117 Å². The Morgan fingerprint density at radius 1 is 1.50 bits per heavy atom. The van der Waals surface area contributed by atoms with Gasteiger partial charge in [-0.05, 0) is 59.6 Å². The largest absolute Gasteiger partial charge is 0.507 e. The van der Waals surface area contributed by atoms with Crippen molar-refractivity contribution in [2.45, 2.75) is 25.9 Å². The Morgan fingerprint density at radius 2 is 2.28 bits per heavy atom. The van der Waals surface area contributed by atoms with E-state index in [1.54, 1.807) is 6.07 Å². The lowest BCUT2D eigenvalue weighted by Gasteiger charge is -2.35. The highest BCUT2D eigenvalue weighted by Crippen LogP contribution is 2.24. The number of benzene rings is 1. The molecule has 1 aliphatic heterocycles. The monoisotopic (exact) mass is 312 g/mol. The number of hydrogen-bond acceptors (Lipinski definition) is 3. The molecule has 0 saturated carbocycles. The van der Waals surface area contributed by atoms with E-state index in [4.69, 9.17) is 0 Å². The lowest BCUT2D eigenvalue weighted by atomic mass is 9.94. The fourth-order valence-electron chi connectivity index (χ4n) is 2.57. The average molecular weight is 313 g/mol. The molecule has 100 valence electrons. The van der Waals surface area contributed by atoms with E-state index in [9.17, 15) is 5.11 Å². The lowest BCUT2D eigenvalue weighted by molar-refractivity contribution is 0.174. The Balaban J connectivity index is 1.89. The first-order chi connectivity index (χ1) is 8.56. The van der Waals surface area contributed by atoms with Crippen LogP contribution < -0.4 is 5.32 Å². The van der Waals surface area contributed by atoms with E-state index in [2.05, 4.69) is 40.1 Å². The zero-order valence-corrected chi connectivity index (χ0v) is 12.6. The summed E-state index contributed by atoms with van der Waals surface area (Å²) in [7, 11) is 2.18. The maximum Gasteiger partial charge on any atom is 0.129 e. The Bertz CT molecular complexity index is 411. The number of halogens is 1. The smallest absolute Gasteiger partial charge is 0.129 e. The minimum absolute atomic E-state index is 0.298. The van der Waals surface area contributed by atoms with Crippen molar-refractivity contribution in [2.24, 2.45) is 5.92 Å². The van der Waals surface area contributed by atoms with Crippen LogP contribution in [0.5, 0.6) is 5.75 Å². The summed E-state index contributed by atoms with van der Waals surface area (Å²) in [5.41, 5.74) is 1.20. The molecule has 18 heavy (non-hydrogen) atoms.